The van der Waals surface area contributed by atoms with Crippen molar-refractivity contribution in [3.63, 3.8) is 0 Å². The maximum Gasteiger partial charge on any atom is 0.0561 e. The molecule has 0 atom stereocenters. The molecule has 0 aliphatic heterocycles. The largest absolute Gasteiger partial charge is 0.310 e. The maximum atomic E-state index is 2.50. The first-order chi connectivity index (χ1) is 24.8. The van der Waals surface area contributed by atoms with Crippen molar-refractivity contribution in [2.24, 2.45) is 0 Å². The van der Waals surface area contributed by atoms with E-state index in [4.69, 9.17) is 0 Å². The number of hydrogen-bond acceptors (Lipinski definition) is 1. The Morgan fingerprint density at radius 1 is 0.540 bits per heavy atom. The van der Waals surface area contributed by atoms with Gasteiger partial charge in [0.15, 0.2) is 0 Å². The molecule has 0 saturated carbocycles. The first-order valence-electron chi connectivity index (χ1n) is 17.9. The van der Waals surface area contributed by atoms with Gasteiger partial charge in [-0.05, 0) is 130 Å². The highest BCUT2D eigenvalue weighted by Crippen LogP contribution is 2.53. The summed E-state index contributed by atoms with van der Waals surface area (Å²) in [5.41, 5.74) is 18.2. The molecule has 3 aliphatic rings. The highest BCUT2D eigenvalue weighted by molar-refractivity contribution is 6.18. The van der Waals surface area contributed by atoms with Crippen LogP contribution in [0, 0.1) is 0 Å². The molecule has 2 nitrogen and oxygen atoms in total. The lowest BCUT2D eigenvalue weighted by Crippen LogP contribution is -2.13. The predicted octanol–water partition coefficient (Wildman–Crippen LogP) is 13.0. The van der Waals surface area contributed by atoms with Gasteiger partial charge >= 0.3 is 0 Å². The van der Waals surface area contributed by atoms with Crippen molar-refractivity contribution in [1.29, 1.82) is 0 Å². The zero-order valence-corrected chi connectivity index (χ0v) is 27.7. The van der Waals surface area contributed by atoms with Crippen molar-refractivity contribution < 1.29 is 0 Å². The predicted molar refractivity (Wildman–Crippen MR) is 212 cm³/mol. The Morgan fingerprint density at radius 2 is 1.34 bits per heavy atom. The van der Waals surface area contributed by atoms with Crippen LogP contribution in [0.15, 0.2) is 146 Å². The van der Waals surface area contributed by atoms with Crippen molar-refractivity contribution >= 4 is 61.8 Å². The van der Waals surface area contributed by atoms with E-state index in [9.17, 15) is 0 Å². The van der Waals surface area contributed by atoms with Gasteiger partial charge in [-0.25, -0.2) is 0 Å². The van der Waals surface area contributed by atoms with E-state index in [-0.39, 0.29) is 0 Å². The van der Waals surface area contributed by atoms with Gasteiger partial charge in [0.25, 0.3) is 0 Å². The topological polar surface area (TPSA) is 8.17 Å². The summed E-state index contributed by atoms with van der Waals surface area (Å²) in [4.78, 5) is 2.50. The maximum absolute atomic E-state index is 2.50. The molecule has 0 radical (unpaired) electrons. The summed E-state index contributed by atoms with van der Waals surface area (Å²) in [5.74, 6) is 0. The summed E-state index contributed by atoms with van der Waals surface area (Å²) in [6.45, 7) is 0. The number of aryl methyl sites for hydroxylation is 1. The molecule has 0 N–H and O–H groups in total. The molecule has 11 rings (SSSR count). The number of aromatic nitrogens is 1. The summed E-state index contributed by atoms with van der Waals surface area (Å²) in [5, 5.41) is 5.28. The minimum atomic E-state index is 1.07. The normalized spacial score (nSPS) is 13.9. The monoisotopic (exact) mass is 638 g/mol. The summed E-state index contributed by atoms with van der Waals surface area (Å²) >= 11 is 0. The number of para-hydroxylation sites is 2. The third-order valence-electron chi connectivity index (χ3n) is 11.2. The Kier molecular flexibility index (Phi) is 5.94. The fourth-order valence-electron chi connectivity index (χ4n) is 9.03. The summed E-state index contributed by atoms with van der Waals surface area (Å²) < 4.78 is 2.42. The van der Waals surface area contributed by atoms with Gasteiger partial charge in [0, 0.05) is 33.4 Å². The van der Waals surface area contributed by atoms with E-state index in [0.29, 0.717) is 0 Å². The average Bonchev–Trinajstić information content (AvgIpc) is 3.69. The average molecular weight is 639 g/mol. The van der Waals surface area contributed by atoms with Crippen molar-refractivity contribution in [3.05, 3.63) is 168 Å². The van der Waals surface area contributed by atoms with Gasteiger partial charge in [-0.3, -0.25) is 0 Å². The molecule has 50 heavy (non-hydrogen) atoms. The van der Waals surface area contributed by atoms with Crippen molar-refractivity contribution in [2.75, 3.05) is 4.90 Å². The van der Waals surface area contributed by atoms with Gasteiger partial charge in [-0.1, -0.05) is 103 Å². The van der Waals surface area contributed by atoms with Crippen LogP contribution >= 0.6 is 0 Å². The molecule has 0 spiro atoms. The molecule has 236 valence electrons. The fraction of sp³-hybridized carbons (Fsp3) is 0.0833. The number of hydrogen-bond donors (Lipinski definition) is 0. The highest BCUT2D eigenvalue weighted by atomic mass is 15.1. The summed E-state index contributed by atoms with van der Waals surface area (Å²) in [6, 6.07) is 49.9. The standard InChI is InChI=1S/C48H34N2/c1-2-16-34(17-3-1)50-45-22-9-8-20-39(45)40-26-24-36(30-46(40)50)49(44-23-11-14-31-12-4-6-18-37(31)44)35-25-27-42-43(29-35)41-21-10-15-33-28-32-13-5-7-19-38(32)48(42)47(33)41/h1-3,5-6,8-11,13-18,20-30H,4,7,12,19H2. The number of anilines is 3. The molecule has 7 aromatic carbocycles. The van der Waals surface area contributed by atoms with E-state index in [1.165, 1.54) is 94.1 Å². The van der Waals surface area contributed by atoms with Gasteiger partial charge in [0.2, 0.25) is 0 Å². The quantitative estimate of drug-likeness (QED) is 0.186. The third kappa shape index (κ3) is 3.96. The number of nitrogens with zero attached hydrogens (tertiary/aromatic N) is 2. The molecule has 1 heterocycles. The first-order valence-corrected chi connectivity index (χ1v) is 17.9. The molecular weight excluding hydrogens is 605 g/mol. The van der Waals surface area contributed by atoms with Gasteiger partial charge in [-0.2, -0.15) is 0 Å². The van der Waals surface area contributed by atoms with Crippen LogP contribution in [-0.2, 0) is 12.8 Å². The molecule has 0 fully saturated rings. The van der Waals surface area contributed by atoms with Gasteiger partial charge in [-0.15, -0.1) is 0 Å². The number of rotatable bonds is 4. The second-order valence-electron chi connectivity index (χ2n) is 13.9. The van der Waals surface area contributed by atoms with Gasteiger partial charge in [0.1, 0.15) is 0 Å². The summed E-state index contributed by atoms with van der Waals surface area (Å²) in [7, 11) is 0. The van der Waals surface area contributed by atoms with E-state index < -0.39 is 0 Å². The molecule has 1 aromatic heterocycles. The second kappa shape index (κ2) is 10.7. The van der Waals surface area contributed by atoms with Crippen LogP contribution < -0.4 is 4.90 Å². The van der Waals surface area contributed by atoms with Gasteiger partial charge < -0.3 is 9.47 Å². The molecule has 8 aromatic rings. The lowest BCUT2D eigenvalue weighted by Gasteiger charge is -2.29. The molecule has 0 unspecified atom stereocenters. The number of fused-ring (bicyclic) bond motifs is 9. The van der Waals surface area contributed by atoms with Crippen LogP contribution in [0.2, 0.25) is 0 Å². The van der Waals surface area contributed by atoms with Crippen LogP contribution in [0.3, 0.4) is 0 Å². The zero-order valence-electron chi connectivity index (χ0n) is 27.7. The Bertz CT molecular complexity index is 2760. The zero-order chi connectivity index (χ0) is 32.8. The Balaban J connectivity index is 1.17. The molecule has 0 bridgehead atoms. The first kappa shape index (κ1) is 27.8. The molecular formula is C48H34N2. The van der Waals surface area contributed by atoms with Crippen LogP contribution in [0.1, 0.15) is 35.1 Å². The Hall–Kier alpha value is -6.12. The van der Waals surface area contributed by atoms with E-state index in [2.05, 4.69) is 167 Å². The van der Waals surface area contributed by atoms with Crippen molar-refractivity contribution in [1.82, 2.24) is 4.57 Å². The smallest absolute Gasteiger partial charge is 0.0561 e. The van der Waals surface area contributed by atoms with Gasteiger partial charge in [0.05, 0.1) is 16.7 Å². The Morgan fingerprint density at radius 3 is 2.30 bits per heavy atom. The third-order valence-corrected chi connectivity index (χ3v) is 11.2. The molecule has 0 saturated heterocycles. The highest BCUT2D eigenvalue weighted by Gasteiger charge is 2.28. The van der Waals surface area contributed by atoms with E-state index in [1.807, 2.05) is 0 Å². The van der Waals surface area contributed by atoms with Crippen molar-refractivity contribution in [2.45, 2.75) is 25.7 Å². The number of benzene rings is 7. The van der Waals surface area contributed by atoms with Crippen LogP contribution in [-0.4, -0.2) is 4.57 Å². The van der Waals surface area contributed by atoms with E-state index in [0.717, 1.165) is 31.4 Å². The van der Waals surface area contributed by atoms with E-state index >= 15 is 0 Å². The molecule has 2 heteroatoms. The lowest BCUT2D eigenvalue weighted by atomic mass is 9.87. The minimum absolute atomic E-state index is 1.07. The summed E-state index contributed by atoms with van der Waals surface area (Å²) in [6.07, 6.45) is 13.7. The minimum Gasteiger partial charge on any atom is -0.310 e. The van der Waals surface area contributed by atoms with Crippen molar-refractivity contribution in [3.8, 4) is 27.9 Å². The van der Waals surface area contributed by atoms with Crippen LogP contribution in [0.4, 0.5) is 17.1 Å². The lowest BCUT2D eigenvalue weighted by molar-refractivity contribution is 0.984. The van der Waals surface area contributed by atoms with Crippen LogP contribution in [0.5, 0.6) is 0 Å². The Labute approximate surface area is 291 Å². The van der Waals surface area contributed by atoms with Crippen LogP contribution in [0.25, 0.3) is 72.7 Å². The molecule has 3 aliphatic carbocycles. The molecule has 0 amide bonds. The fourth-order valence-corrected chi connectivity index (χ4v) is 9.03. The SMILES string of the molecule is C1=Cc2c(cccc2N(c2ccc3c(c2)-c2cccc4cc5c(c-3c24)CCC=C5)c2ccc3c4ccccc4n(-c4ccccc4)c3c2)CC1. The number of allylic oxidation sites excluding steroid dienone is 2. The second-order valence-corrected chi connectivity index (χ2v) is 13.9. The van der Waals surface area contributed by atoms with E-state index in [1.54, 1.807) is 0 Å².